The summed E-state index contributed by atoms with van der Waals surface area (Å²) >= 11 is 0. The molecule has 2 aromatic carbocycles. The lowest BCUT2D eigenvalue weighted by Gasteiger charge is -2.03. The normalized spacial score (nSPS) is 10.3. The molecule has 2 N–H and O–H groups in total. The second-order valence-corrected chi connectivity index (χ2v) is 3.96. The predicted octanol–water partition coefficient (Wildman–Crippen LogP) is 2.97. The average molecular weight is 247 g/mol. The molecule has 0 aliphatic carbocycles. The molecule has 0 spiro atoms. The first-order valence-electron chi connectivity index (χ1n) is 5.39. The van der Waals surface area contributed by atoms with Crippen LogP contribution in [0.4, 0.5) is 14.5 Å². The highest BCUT2D eigenvalue weighted by molar-refractivity contribution is 5.97. The number of ketones is 1. The molecule has 2 nitrogen and oxygen atoms in total. The maximum atomic E-state index is 13.2. The molecule has 0 radical (unpaired) electrons. The Morgan fingerprint density at radius 1 is 1.06 bits per heavy atom. The van der Waals surface area contributed by atoms with Gasteiger partial charge in [0.05, 0.1) is 5.69 Å². The Bertz CT molecular complexity index is 579. The first kappa shape index (κ1) is 12.2. The standard InChI is InChI=1S/C14H11F2NO/c15-11-4-1-9(2-5-11)7-14(18)10-3-6-13(17)12(16)8-10/h1-6,8H,7,17H2. The topological polar surface area (TPSA) is 43.1 Å². The lowest BCUT2D eigenvalue weighted by Crippen LogP contribution is -2.05. The molecule has 0 bridgehead atoms. The molecule has 2 aromatic rings. The van der Waals surface area contributed by atoms with E-state index in [4.69, 9.17) is 5.73 Å². The Kier molecular flexibility index (Phi) is 3.37. The highest BCUT2D eigenvalue weighted by atomic mass is 19.1. The van der Waals surface area contributed by atoms with Crippen LogP contribution in [0.2, 0.25) is 0 Å². The Morgan fingerprint density at radius 2 is 1.72 bits per heavy atom. The van der Waals surface area contributed by atoms with Crippen molar-refractivity contribution < 1.29 is 13.6 Å². The molecule has 0 aliphatic rings. The van der Waals surface area contributed by atoms with Crippen LogP contribution in [0, 0.1) is 11.6 Å². The number of rotatable bonds is 3. The van der Waals surface area contributed by atoms with Gasteiger partial charge in [0.1, 0.15) is 11.6 Å². The number of carbonyl (C=O) groups excluding carboxylic acids is 1. The van der Waals surface area contributed by atoms with E-state index in [1.807, 2.05) is 0 Å². The van der Waals surface area contributed by atoms with Gasteiger partial charge < -0.3 is 5.73 Å². The van der Waals surface area contributed by atoms with Crippen molar-refractivity contribution in [3.05, 3.63) is 65.2 Å². The largest absolute Gasteiger partial charge is 0.396 e. The maximum Gasteiger partial charge on any atom is 0.167 e. The molecule has 18 heavy (non-hydrogen) atoms. The third-order valence-corrected chi connectivity index (χ3v) is 2.60. The van der Waals surface area contributed by atoms with E-state index in [1.54, 1.807) is 0 Å². The van der Waals surface area contributed by atoms with Crippen molar-refractivity contribution in [2.24, 2.45) is 0 Å². The van der Waals surface area contributed by atoms with Crippen molar-refractivity contribution in [1.82, 2.24) is 0 Å². The lowest BCUT2D eigenvalue weighted by atomic mass is 10.0. The van der Waals surface area contributed by atoms with Gasteiger partial charge in [-0.2, -0.15) is 0 Å². The predicted molar refractivity (Wildman–Crippen MR) is 65.2 cm³/mol. The van der Waals surface area contributed by atoms with Gasteiger partial charge in [-0.05, 0) is 35.9 Å². The van der Waals surface area contributed by atoms with Crippen molar-refractivity contribution in [3.63, 3.8) is 0 Å². The first-order chi connectivity index (χ1) is 8.56. The Balaban J connectivity index is 2.16. The zero-order chi connectivity index (χ0) is 13.1. The van der Waals surface area contributed by atoms with E-state index >= 15 is 0 Å². The molecule has 0 atom stereocenters. The summed E-state index contributed by atoms with van der Waals surface area (Å²) in [4.78, 5) is 11.9. The Labute approximate surface area is 103 Å². The van der Waals surface area contributed by atoms with Crippen LogP contribution in [0.25, 0.3) is 0 Å². The van der Waals surface area contributed by atoms with Crippen LogP contribution >= 0.6 is 0 Å². The van der Waals surface area contributed by atoms with Crippen LogP contribution in [-0.2, 0) is 6.42 Å². The van der Waals surface area contributed by atoms with E-state index in [1.165, 1.54) is 36.4 Å². The highest BCUT2D eigenvalue weighted by Crippen LogP contribution is 2.14. The smallest absolute Gasteiger partial charge is 0.167 e. The van der Waals surface area contributed by atoms with Gasteiger partial charge in [-0.3, -0.25) is 4.79 Å². The SMILES string of the molecule is Nc1ccc(C(=O)Cc2ccc(F)cc2)cc1F. The number of nitrogen functional groups attached to an aromatic ring is 1. The molecule has 4 heteroatoms. The summed E-state index contributed by atoms with van der Waals surface area (Å²) in [5.74, 6) is -1.20. The molecule has 0 fully saturated rings. The molecular weight excluding hydrogens is 236 g/mol. The zero-order valence-corrected chi connectivity index (χ0v) is 9.49. The minimum Gasteiger partial charge on any atom is -0.396 e. The van der Waals surface area contributed by atoms with Crippen molar-refractivity contribution >= 4 is 11.5 Å². The molecule has 0 amide bonds. The van der Waals surface area contributed by atoms with Crippen molar-refractivity contribution in [2.45, 2.75) is 6.42 Å². The third kappa shape index (κ3) is 2.71. The van der Waals surface area contributed by atoms with E-state index in [2.05, 4.69) is 0 Å². The van der Waals surface area contributed by atoms with Gasteiger partial charge in [0.25, 0.3) is 0 Å². The summed E-state index contributed by atoms with van der Waals surface area (Å²) in [7, 11) is 0. The first-order valence-corrected chi connectivity index (χ1v) is 5.39. The van der Waals surface area contributed by atoms with Gasteiger partial charge in [0.2, 0.25) is 0 Å². The number of anilines is 1. The maximum absolute atomic E-state index is 13.2. The Hall–Kier alpha value is -2.23. The minimum absolute atomic E-state index is 0.00771. The van der Waals surface area contributed by atoms with Crippen molar-refractivity contribution in [2.75, 3.05) is 5.73 Å². The number of hydrogen-bond donors (Lipinski definition) is 1. The monoisotopic (exact) mass is 247 g/mol. The molecule has 0 saturated carbocycles. The van der Waals surface area contributed by atoms with Gasteiger partial charge in [0.15, 0.2) is 5.78 Å². The Morgan fingerprint density at radius 3 is 2.33 bits per heavy atom. The molecule has 92 valence electrons. The zero-order valence-electron chi connectivity index (χ0n) is 9.49. The summed E-state index contributed by atoms with van der Waals surface area (Å²) in [6.07, 6.45) is 0.101. The molecule has 0 saturated heterocycles. The van der Waals surface area contributed by atoms with Gasteiger partial charge in [-0.25, -0.2) is 8.78 Å². The fraction of sp³-hybridized carbons (Fsp3) is 0.0714. The lowest BCUT2D eigenvalue weighted by molar-refractivity contribution is 0.0992. The molecule has 0 unspecified atom stereocenters. The van der Waals surface area contributed by atoms with E-state index in [-0.39, 0.29) is 29.3 Å². The summed E-state index contributed by atoms with van der Waals surface area (Å²) in [5.41, 5.74) is 6.27. The van der Waals surface area contributed by atoms with Gasteiger partial charge in [-0.1, -0.05) is 12.1 Å². The van der Waals surface area contributed by atoms with E-state index in [0.717, 1.165) is 6.07 Å². The summed E-state index contributed by atoms with van der Waals surface area (Å²) in [6.45, 7) is 0. The van der Waals surface area contributed by atoms with E-state index in [0.29, 0.717) is 5.56 Å². The summed E-state index contributed by atoms with van der Waals surface area (Å²) in [5, 5.41) is 0. The van der Waals surface area contributed by atoms with Gasteiger partial charge in [-0.15, -0.1) is 0 Å². The fourth-order valence-electron chi connectivity index (χ4n) is 1.59. The van der Waals surface area contributed by atoms with Crippen LogP contribution in [0.1, 0.15) is 15.9 Å². The number of benzene rings is 2. The van der Waals surface area contributed by atoms with Crippen molar-refractivity contribution in [3.8, 4) is 0 Å². The van der Waals surface area contributed by atoms with Crippen LogP contribution in [0.15, 0.2) is 42.5 Å². The quantitative estimate of drug-likeness (QED) is 0.669. The number of halogens is 2. The van der Waals surface area contributed by atoms with E-state index in [9.17, 15) is 13.6 Å². The van der Waals surface area contributed by atoms with Crippen LogP contribution in [0.5, 0.6) is 0 Å². The number of hydrogen-bond acceptors (Lipinski definition) is 2. The van der Waals surface area contributed by atoms with Gasteiger partial charge >= 0.3 is 0 Å². The highest BCUT2D eigenvalue weighted by Gasteiger charge is 2.09. The van der Waals surface area contributed by atoms with Gasteiger partial charge in [0, 0.05) is 12.0 Å². The summed E-state index contributed by atoms with van der Waals surface area (Å²) < 4.78 is 25.9. The molecule has 2 rings (SSSR count). The second-order valence-electron chi connectivity index (χ2n) is 3.96. The number of nitrogens with two attached hydrogens (primary N) is 1. The third-order valence-electron chi connectivity index (χ3n) is 2.60. The molecular formula is C14H11F2NO. The average Bonchev–Trinajstić information content (AvgIpc) is 2.35. The molecule has 0 aliphatic heterocycles. The van der Waals surface area contributed by atoms with Crippen LogP contribution in [0.3, 0.4) is 0 Å². The molecule has 0 heterocycles. The van der Waals surface area contributed by atoms with Crippen LogP contribution in [-0.4, -0.2) is 5.78 Å². The number of carbonyl (C=O) groups is 1. The molecule has 0 aromatic heterocycles. The number of Topliss-reactive ketones (excluding diaryl/α,β-unsaturated/α-hetero) is 1. The fourth-order valence-corrected chi connectivity index (χ4v) is 1.59. The van der Waals surface area contributed by atoms with E-state index < -0.39 is 5.82 Å². The minimum atomic E-state index is -0.611. The second kappa shape index (κ2) is 4.96. The van der Waals surface area contributed by atoms with Crippen LogP contribution < -0.4 is 5.73 Å². The van der Waals surface area contributed by atoms with Crippen molar-refractivity contribution in [1.29, 1.82) is 0 Å². The summed E-state index contributed by atoms with van der Waals surface area (Å²) in [6, 6.07) is 9.57.